The molecule has 0 amide bonds. The summed E-state index contributed by atoms with van der Waals surface area (Å²) in [7, 11) is 0. The lowest BCUT2D eigenvalue weighted by molar-refractivity contribution is -0.154. The number of halogens is 3. The average Bonchev–Trinajstić information content (AvgIpc) is 2.51. The van der Waals surface area contributed by atoms with E-state index in [1.54, 1.807) is 0 Å². The van der Waals surface area contributed by atoms with Gasteiger partial charge in [-0.1, -0.05) is 13.8 Å². The molecule has 7 nitrogen and oxygen atoms in total. The molecule has 1 aromatic heterocycles. The van der Waals surface area contributed by atoms with Gasteiger partial charge in [-0.2, -0.15) is 28.1 Å². The predicted molar refractivity (Wildman–Crippen MR) is 77.7 cm³/mol. The SMILES string of the molecule is CC(C)CNc1nc(OCC(F)(F)F)nc(N2CCOCC2)n1. The molecular weight excluding hydrogens is 315 g/mol. The monoisotopic (exact) mass is 335 g/mol. The van der Waals surface area contributed by atoms with Crippen LogP contribution in [0.4, 0.5) is 25.1 Å². The summed E-state index contributed by atoms with van der Waals surface area (Å²) in [4.78, 5) is 13.9. The highest BCUT2D eigenvalue weighted by Gasteiger charge is 2.29. The number of rotatable bonds is 6. The fourth-order valence-electron chi connectivity index (χ4n) is 1.84. The van der Waals surface area contributed by atoms with Crippen molar-refractivity contribution in [3.05, 3.63) is 0 Å². The molecule has 1 aliphatic heterocycles. The molecule has 23 heavy (non-hydrogen) atoms. The van der Waals surface area contributed by atoms with Crippen molar-refractivity contribution in [2.75, 3.05) is 49.7 Å². The van der Waals surface area contributed by atoms with E-state index in [1.807, 2.05) is 18.7 Å². The average molecular weight is 335 g/mol. The zero-order chi connectivity index (χ0) is 16.9. The molecule has 1 aromatic rings. The van der Waals surface area contributed by atoms with Crippen LogP contribution in [-0.2, 0) is 4.74 Å². The first-order valence-electron chi connectivity index (χ1n) is 7.35. The van der Waals surface area contributed by atoms with Crippen LogP contribution in [0.25, 0.3) is 0 Å². The van der Waals surface area contributed by atoms with E-state index in [1.165, 1.54) is 0 Å². The molecule has 1 N–H and O–H groups in total. The fraction of sp³-hybridized carbons (Fsp3) is 0.769. The maximum atomic E-state index is 12.3. The van der Waals surface area contributed by atoms with Crippen molar-refractivity contribution >= 4 is 11.9 Å². The van der Waals surface area contributed by atoms with Crippen LogP contribution >= 0.6 is 0 Å². The number of nitrogens with one attached hydrogen (secondary N) is 1. The maximum absolute atomic E-state index is 12.3. The second-order valence-corrected chi connectivity index (χ2v) is 5.52. The van der Waals surface area contributed by atoms with Crippen LogP contribution in [-0.4, -0.2) is 60.6 Å². The van der Waals surface area contributed by atoms with Gasteiger partial charge < -0.3 is 19.7 Å². The highest BCUT2D eigenvalue weighted by atomic mass is 19.4. The summed E-state index contributed by atoms with van der Waals surface area (Å²) in [6.45, 7) is 5.29. The summed E-state index contributed by atoms with van der Waals surface area (Å²) in [6, 6.07) is -0.343. The molecule has 0 saturated carbocycles. The number of ether oxygens (including phenoxy) is 2. The van der Waals surface area contributed by atoms with Gasteiger partial charge in [0.05, 0.1) is 13.2 Å². The molecule has 2 rings (SSSR count). The standard InChI is InChI=1S/C13H20F3N5O2/c1-9(2)7-17-10-18-11(21-3-5-22-6-4-21)20-12(19-10)23-8-13(14,15)16/h9H,3-8H2,1-2H3,(H,17,18,19,20). The Bertz CT molecular complexity index is 507. The number of anilines is 2. The number of nitrogens with zero attached hydrogens (tertiary/aromatic N) is 4. The molecule has 0 bridgehead atoms. The zero-order valence-electron chi connectivity index (χ0n) is 13.1. The number of hydrogen-bond acceptors (Lipinski definition) is 7. The summed E-state index contributed by atoms with van der Waals surface area (Å²) < 4.78 is 46.8. The van der Waals surface area contributed by atoms with Gasteiger partial charge in [-0.3, -0.25) is 0 Å². The highest BCUT2D eigenvalue weighted by Crippen LogP contribution is 2.20. The summed E-state index contributed by atoms with van der Waals surface area (Å²) in [5.74, 6) is 0.817. The van der Waals surface area contributed by atoms with E-state index in [0.717, 1.165) is 0 Å². The minimum absolute atomic E-state index is 0.201. The maximum Gasteiger partial charge on any atom is 0.422 e. The first kappa shape index (κ1) is 17.5. The minimum atomic E-state index is -4.45. The van der Waals surface area contributed by atoms with Crippen molar-refractivity contribution in [2.24, 2.45) is 5.92 Å². The third-order valence-electron chi connectivity index (χ3n) is 2.93. The summed E-state index contributed by atoms with van der Waals surface area (Å²) in [5, 5.41) is 2.98. The Morgan fingerprint density at radius 1 is 1.22 bits per heavy atom. The van der Waals surface area contributed by atoms with Gasteiger partial charge in [0.25, 0.3) is 0 Å². The molecule has 0 radical (unpaired) electrons. The largest absolute Gasteiger partial charge is 0.454 e. The normalized spacial score (nSPS) is 15.8. The van der Waals surface area contributed by atoms with Crippen molar-refractivity contribution < 1.29 is 22.6 Å². The van der Waals surface area contributed by atoms with E-state index in [-0.39, 0.29) is 17.9 Å². The first-order chi connectivity index (χ1) is 10.8. The molecule has 1 aliphatic rings. The lowest BCUT2D eigenvalue weighted by Gasteiger charge is -2.27. The van der Waals surface area contributed by atoms with Gasteiger partial charge in [0.15, 0.2) is 6.61 Å². The Labute approximate surface area is 132 Å². The fourth-order valence-corrected chi connectivity index (χ4v) is 1.84. The van der Waals surface area contributed by atoms with Crippen molar-refractivity contribution in [1.82, 2.24) is 15.0 Å². The molecule has 0 aliphatic carbocycles. The van der Waals surface area contributed by atoms with Gasteiger partial charge in [0, 0.05) is 19.6 Å². The van der Waals surface area contributed by atoms with Crippen LogP contribution in [0.5, 0.6) is 6.01 Å². The molecule has 0 unspecified atom stereocenters. The van der Waals surface area contributed by atoms with Crippen LogP contribution in [0.3, 0.4) is 0 Å². The molecule has 1 fully saturated rings. The zero-order valence-corrected chi connectivity index (χ0v) is 13.1. The van der Waals surface area contributed by atoms with Crippen molar-refractivity contribution in [3.63, 3.8) is 0 Å². The van der Waals surface area contributed by atoms with Crippen LogP contribution in [0.15, 0.2) is 0 Å². The second kappa shape index (κ2) is 7.62. The van der Waals surface area contributed by atoms with Gasteiger partial charge in [0.1, 0.15) is 0 Å². The van der Waals surface area contributed by atoms with Crippen LogP contribution in [0.1, 0.15) is 13.8 Å². The Morgan fingerprint density at radius 2 is 1.91 bits per heavy atom. The second-order valence-electron chi connectivity index (χ2n) is 5.52. The smallest absolute Gasteiger partial charge is 0.422 e. The molecule has 0 aromatic carbocycles. The predicted octanol–water partition coefficient (Wildman–Crippen LogP) is 1.72. The summed E-state index contributed by atoms with van der Waals surface area (Å²) in [6.07, 6.45) is -4.45. The van der Waals surface area contributed by atoms with E-state index in [4.69, 9.17) is 4.74 Å². The number of alkyl halides is 3. The van der Waals surface area contributed by atoms with E-state index in [0.29, 0.717) is 38.8 Å². The summed E-state index contributed by atoms with van der Waals surface area (Å²) >= 11 is 0. The molecule has 1 saturated heterocycles. The highest BCUT2D eigenvalue weighted by molar-refractivity contribution is 5.38. The topological polar surface area (TPSA) is 72.4 Å². The third kappa shape index (κ3) is 6.05. The van der Waals surface area contributed by atoms with Crippen molar-refractivity contribution in [2.45, 2.75) is 20.0 Å². The Balaban J connectivity index is 2.16. The van der Waals surface area contributed by atoms with Crippen LogP contribution in [0, 0.1) is 5.92 Å². The molecule has 2 heterocycles. The molecular formula is C13H20F3N5O2. The first-order valence-corrected chi connectivity index (χ1v) is 7.35. The van der Waals surface area contributed by atoms with E-state index >= 15 is 0 Å². The van der Waals surface area contributed by atoms with Crippen molar-refractivity contribution in [3.8, 4) is 6.01 Å². The Kier molecular flexibility index (Phi) is 5.80. The van der Waals surface area contributed by atoms with Gasteiger partial charge in [-0.25, -0.2) is 0 Å². The third-order valence-corrected chi connectivity index (χ3v) is 2.93. The lowest BCUT2D eigenvalue weighted by atomic mass is 10.2. The molecule has 0 atom stereocenters. The number of hydrogen-bond donors (Lipinski definition) is 1. The minimum Gasteiger partial charge on any atom is -0.454 e. The number of aromatic nitrogens is 3. The van der Waals surface area contributed by atoms with E-state index < -0.39 is 12.8 Å². The number of morpholine rings is 1. The quantitative estimate of drug-likeness (QED) is 0.848. The van der Waals surface area contributed by atoms with Crippen LogP contribution in [0.2, 0.25) is 0 Å². The lowest BCUT2D eigenvalue weighted by Crippen LogP contribution is -2.37. The Hall–Kier alpha value is -1.84. The van der Waals surface area contributed by atoms with Crippen LogP contribution < -0.4 is 15.0 Å². The van der Waals surface area contributed by atoms with E-state index in [9.17, 15) is 13.2 Å². The van der Waals surface area contributed by atoms with E-state index in [2.05, 4.69) is 25.0 Å². The van der Waals surface area contributed by atoms with Gasteiger partial charge in [0.2, 0.25) is 11.9 Å². The van der Waals surface area contributed by atoms with Gasteiger partial charge in [-0.05, 0) is 5.92 Å². The Morgan fingerprint density at radius 3 is 2.52 bits per heavy atom. The molecule has 0 spiro atoms. The van der Waals surface area contributed by atoms with Crippen molar-refractivity contribution in [1.29, 1.82) is 0 Å². The molecule has 10 heteroatoms. The summed E-state index contributed by atoms with van der Waals surface area (Å²) in [5.41, 5.74) is 0. The van der Waals surface area contributed by atoms with Gasteiger partial charge in [-0.15, -0.1) is 0 Å². The van der Waals surface area contributed by atoms with Gasteiger partial charge >= 0.3 is 12.2 Å². The molecule has 130 valence electrons.